The van der Waals surface area contributed by atoms with E-state index in [0.29, 0.717) is 18.4 Å². The third kappa shape index (κ3) is 1.25. The molecule has 1 spiro atoms. The molecule has 118 valence electrons. The zero-order valence-corrected chi connectivity index (χ0v) is 12.7. The summed E-state index contributed by atoms with van der Waals surface area (Å²) in [6.45, 7) is 0.904. The summed E-state index contributed by atoms with van der Waals surface area (Å²) in [5.41, 5.74) is 1.49. The van der Waals surface area contributed by atoms with Gasteiger partial charge in [-0.25, -0.2) is 0 Å². The van der Waals surface area contributed by atoms with Crippen molar-refractivity contribution in [1.82, 2.24) is 4.90 Å². The largest absolute Gasteiger partial charge is 0.383 e. The standard InChI is InChI=1S/C17H21NO4/c1-18-7-6-16-10-3-4-12(19)15(16)22-17(21)13(20)5-2-9(14(16)17)8-11(10)18/h2,5,10-11,13,15,20-21H,3-4,6-8H2,1H3/t10-,11+,13?,15-,16-,17?/m0/s1. The lowest BCUT2D eigenvalue weighted by molar-refractivity contribution is -0.220. The smallest absolute Gasteiger partial charge is 0.220 e. The van der Waals surface area contributed by atoms with Crippen LogP contribution < -0.4 is 0 Å². The molecule has 6 atom stereocenters. The van der Waals surface area contributed by atoms with Crippen LogP contribution in [-0.4, -0.2) is 58.5 Å². The van der Waals surface area contributed by atoms with Crippen LogP contribution in [0.4, 0.5) is 0 Å². The van der Waals surface area contributed by atoms with Crippen molar-refractivity contribution in [2.75, 3.05) is 13.6 Å². The lowest BCUT2D eigenvalue weighted by atomic mass is 9.50. The summed E-state index contributed by atoms with van der Waals surface area (Å²) in [4.78, 5) is 14.9. The van der Waals surface area contributed by atoms with Gasteiger partial charge in [0.05, 0.1) is 0 Å². The number of hydrogen-bond donors (Lipinski definition) is 2. The number of carbonyl (C=O) groups excluding carboxylic acids is 1. The van der Waals surface area contributed by atoms with E-state index in [1.54, 1.807) is 6.08 Å². The number of nitrogens with zero attached hydrogens (tertiary/aromatic N) is 1. The van der Waals surface area contributed by atoms with Gasteiger partial charge >= 0.3 is 0 Å². The van der Waals surface area contributed by atoms with E-state index < -0.39 is 23.4 Å². The van der Waals surface area contributed by atoms with Crippen molar-refractivity contribution >= 4 is 5.78 Å². The molecule has 2 N–H and O–H groups in total. The number of aliphatic hydroxyl groups excluding tert-OH is 1. The molecule has 22 heavy (non-hydrogen) atoms. The Morgan fingerprint density at radius 1 is 1.45 bits per heavy atom. The first kappa shape index (κ1) is 13.4. The van der Waals surface area contributed by atoms with Crippen molar-refractivity contribution in [1.29, 1.82) is 0 Å². The van der Waals surface area contributed by atoms with E-state index in [1.165, 1.54) is 0 Å². The van der Waals surface area contributed by atoms with E-state index in [2.05, 4.69) is 11.9 Å². The number of ether oxygens (including phenoxy) is 1. The molecule has 0 radical (unpaired) electrons. The SMILES string of the molecule is CN1CC[C@]23C4=C5C=CC(O)C4(O)O[C@H]2C(=O)CC[C@H]3[C@H]1C5. The van der Waals surface area contributed by atoms with E-state index in [9.17, 15) is 15.0 Å². The lowest BCUT2D eigenvalue weighted by Crippen LogP contribution is -2.62. The van der Waals surface area contributed by atoms with Crippen molar-refractivity contribution in [3.05, 3.63) is 23.3 Å². The van der Waals surface area contributed by atoms with Crippen LogP contribution in [0.5, 0.6) is 0 Å². The van der Waals surface area contributed by atoms with Crippen LogP contribution in [0.1, 0.15) is 25.7 Å². The Bertz CT molecular complexity index is 641. The first-order chi connectivity index (χ1) is 10.5. The molecule has 0 aromatic rings. The zero-order valence-electron chi connectivity index (χ0n) is 12.7. The van der Waals surface area contributed by atoms with E-state index in [4.69, 9.17) is 4.74 Å². The Morgan fingerprint density at radius 3 is 3.09 bits per heavy atom. The molecule has 3 aliphatic carbocycles. The maximum atomic E-state index is 12.5. The monoisotopic (exact) mass is 303 g/mol. The van der Waals surface area contributed by atoms with Gasteiger partial charge in [0, 0.05) is 23.5 Å². The first-order valence-electron chi connectivity index (χ1n) is 8.22. The van der Waals surface area contributed by atoms with E-state index >= 15 is 0 Å². The summed E-state index contributed by atoms with van der Waals surface area (Å²) in [6.07, 6.45) is 4.93. The molecular formula is C17H21NO4. The van der Waals surface area contributed by atoms with Crippen molar-refractivity contribution in [2.45, 2.75) is 49.7 Å². The van der Waals surface area contributed by atoms with Crippen molar-refractivity contribution in [3.63, 3.8) is 0 Å². The Labute approximate surface area is 129 Å². The average Bonchev–Trinajstić information content (AvgIpc) is 2.78. The fourth-order valence-corrected chi connectivity index (χ4v) is 5.90. The van der Waals surface area contributed by atoms with Gasteiger partial charge in [0.1, 0.15) is 12.2 Å². The summed E-state index contributed by atoms with van der Waals surface area (Å²) in [5.74, 6) is -1.28. The average molecular weight is 303 g/mol. The molecule has 2 bridgehead atoms. The Hall–Kier alpha value is -1.01. The number of Topliss-reactive ketones (excluding diaryl/α,β-unsaturated/α-hetero) is 1. The van der Waals surface area contributed by atoms with E-state index in [0.717, 1.165) is 37.0 Å². The minimum atomic E-state index is -1.70. The number of carbonyl (C=O) groups is 1. The number of likely N-dealkylation sites (tertiary alicyclic amines) is 1. The van der Waals surface area contributed by atoms with Crippen molar-refractivity contribution in [3.8, 4) is 0 Å². The maximum absolute atomic E-state index is 12.5. The molecule has 2 unspecified atom stereocenters. The molecule has 5 nitrogen and oxygen atoms in total. The molecule has 1 saturated carbocycles. The summed E-state index contributed by atoms with van der Waals surface area (Å²) >= 11 is 0. The van der Waals surface area contributed by atoms with Gasteiger partial charge < -0.3 is 19.8 Å². The highest BCUT2D eigenvalue weighted by Gasteiger charge is 2.72. The van der Waals surface area contributed by atoms with Crippen molar-refractivity contribution < 1.29 is 19.7 Å². The van der Waals surface area contributed by atoms with Crippen LogP contribution in [-0.2, 0) is 9.53 Å². The number of hydrogen-bond acceptors (Lipinski definition) is 5. The van der Waals surface area contributed by atoms with Crippen LogP contribution in [0, 0.1) is 11.3 Å². The van der Waals surface area contributed by atoms with Crippen LogP contribution in [0.15, 0.2) is 23.3 Å². The van der Waals surface area contributed by atoms with Gasteiger partial charge in [0.15, 0.2) is 5.78 Å². The highest BCUT2D eigenvalue weighted by Crippen LogP contribution is 2.66. The third-order valence-electron chi connectivity index (χ3n) is 6.78. The van der Waals surface area contributed by atoms with Gasteiger partial charge in [0.25, 0.3) is 0 Å². The predicted octanol–water partition coefficient (Wildman–Crippen LogP) is 0.374. The minimum Gasteiger partial charge on any atom is -0.383 e. The maximum Gasteiger partial charge on any atom is 0.220 e. The van der Waals surface area contributed by atoms with E-state index in [1.807, 2.05) is 6.08 Å². The third-order valence-corrected chi connectivity index (χ3v) is 6.78. The minimum absolute atomic E-state index is 0.0864. The number of aliphatic hydroxyl groups is 2. The second-order valence-corrected chi connectivity index (χ2v) is 7.55. The highest BCUT2D eigenvalue weighted by atomic mass is 16.7. The zero-order chi connectivity index (χ0) is 15.3. The lowest BCUT2D eigenvalue weighted by Gasteiger charge is -2.58. The number of allylic oxidation sites excluding steroid dienone is 1. The van der Waals surface area contributed by atoms with Gasteiger partial charge in [-0.05, 0) is 44.3 Å². The molecular weight excluding hydrogens is 282 g/mol. The van der Waals surface area contributed by atoms with Gasteiger partial charge in [0.2, 0.25) is 5.79 Å². The van der Waals surface area contributed by atoms with Gasteiger partial charge in [-0.3, -0.25) is 4.79 Å². The Balaban J connectivity index is 1.80. The van der Waals surface area contributed by atoms with Gasteiger partial charge in [-0.2, -0.15) is 0 Å². The summed E-state index contributed by atoms with van der Waals surface area (Å²) < 4.78 is 5.90. The molecule has 2 aliphatic heterocycles. The Morgan fingerprint density at radius 2 is 2.27 bits per heavy atom. The molecule has 5 aliphatic rings. The Kier molecular flexibility index (Phi) is 2.38. The normalized spacial score (nSPS) is 53.0. The molecule has 5 heteroatoms. The molecule has 0 aromatic carbocycles. The number of ketones is 1. The van der Waals surface area contributed by atoms with Crippen LogP contribution in [0.2, 0.25) is 0 Å². The number of rotatable bonds is 0. The molecule has 0 aromatic heterocycles. The second kappa shape index (κ2) is 3.90. The molecule has 2 saturated heterocycles. The predicted molar refractivity (Wildman–Crippen MR) is 77.8 cm³/mol. The van der Waals surface area contributed by atoms with E-state index in [-0.39, 0.29) is 5.78 Å². The summed E-state index contributed by atoms with van der Waals surface area (Å²) in [7, 11) is 2.15. The van der Waals surface area contributed by atoms with Crippen LogP contribution >= 0.6 is 0 Å². The summed E-state index contributed by atoms with van der Waals surface area (Å²) in [6, 6.07) is 0.397. The quantitative estimate of drug-likeness (QED) is 0.677. The fourth-order valence-electron chi connectivity index (χ4n) is 5.90. The molecule has 0 amide bonds. The molecule has 3 fully saturated rings. The second-order valence-electron chi connectivity index (χ2n) is 7.55. The fraction of sp³-hybridized carbons (Fsp3) is 0.706. The van der Waals surface area contributed by atoms with Gasteiger partial charge in [-0.1, -0.05) is 12.2 Å². The van der Waals surface area contributed by atoms with Gasteiger partial charge in [-0.15, -0.1) is 0 Å². The van der Waals surface area contributed by atoms with Crippen LogP contribution in [0.25, 0.3) is 0 Å². The molecule has 5 rings (SSSR count). The van der Waals surface area contributed by atoms with Crippen molar-refractivity contribution in [2.24, 2.45) is 11.3 Å². The number of piperidine rings is 1. The highest BCUT2D eigenvalue weighted by molar-refractivity contribution is 5.87. The first-order valence-corrected chi connectivity index (χ1v) is 8.22. The molecule has 2 heterocycles. The summed E-state index contributed by atoms with van der Waals surface area (Å²) in [5, 5.41) is 21.4. The topological polar surface area (TPSA) is 70.0 Å². The van der Waals surface area contributed by atoms with Crippen LogP contribution in [0.3, 0.4) is 0 Å².